The maximum atomic E-state index is 13.6. The second kappa shape index (κ2) is 10.2. The number of halogens is 6. The number of alkyl halides is 6. The highest BCUT2D eigenvalue weighted by molar-refractivity contribution is 6.09. The molecule has 0 saturated carbocycles. The molecule has 7 nitrogen and oxygen atoms in total. The third kappa shape index (κ3) is 5.59. The first kappa shape index (κ1) is 30.2. The fourth-order valence-electron chi connectivity index (χ4n) is 5.52. The molecule has 0 spiro atoms. The summed E-state index contributed by atoms with van der Waals surface area (Å²) in [6.07, 6.45) is -10.1. The molecule has 3 aliphatic rings. The molecular weight excluding hydrogens is 582 g/mol. The summed E-state index contributed by atoms with van der Waals surface area (Å²) in [5, 5.41) is 0. The van der Waals surface area contributed by atoms with Crippen LogP contribution in [0.2, 0.25) is 0 Å². The molecule has 2 heterocycles. The van der Waals surface area contributed by atoms with E-state index >= 15 is 0 Å². The number of anilines is 1. The second-order valence-corrected chi connectivity index (χ2v) is 11.5. The molecule has 3 atom stereocenters. The Morgan fingerprint density at radius 1 is 0.930 bits per heavy atom. The highest BCUT2D eigenvalue weighted by atomic mass is 19.4. The molecule has 3 amide bonds. The maximum absolute atomic E-state index is 13.6. The number of rotatable bonds is 3. The van der Waals surface area contributed by atoms with Crippen molar-refractivity contribution in [1.82, 2.24) is 4.90 Å². The monoisotopic (exact) mass is 608 g/mol. The topological polar surface area (TPSA) is 76.2 Å². The Labute approximate surface area is 242 Å². The van der Waals surface area contributed by atoms with Gasteiger partial charge in [-0.25, -0.2) is 9.69 Å². The zero-order valence-corrected chi connectivity index (χ0v) is 23.3. The van der Waals surface area contributed by atoms with Gasteiger partial charge in [0.25, 0.3) is 11.8 Å². The second-order valence-electron chi connectivity index (χ2n) is 11.5. The van der Waals surface area contributed by atoms with Crippen LogP contribution >= 0.6 is 0 Å². The average molecular weight is 609 g/mol. The molecule has 0 radical (unpaired) electrons. The summed E-state index contributed by atoms with van der Waals surface area (Å²) < 4.78 is 92.4. The quantitative estimate of drug-likeness (QED) is 0.220. The van der Waals surface area contributed by atoms with Gasteiger partial charge in [0.1, 0.15) is 5.60 Å². The van der Waals surface area contributed by atoms with Gasteiger partial charge in [-0.1, -0.05) is 24.3 Å². The Morgan fingerprint density at radius 3 is 2.12 bits per heavy atom. The van der Waals surface area contributed by atoms with Crippen LogP contribution in [0.4, 0.5) is 36.8 Å². The molecule has 0 aromatic heterocycles. The van der Waals surface area contributed by atoms with Crippen molar-refractivity contribution in [2.24, 2.45) is 0 Å². The molecule has 0 N–H and O–H groups in total. The first-order valence-electron chi connectivity index (χ1n) is 13.2. The maximum Gasteiger partial charge on any atom is 0.417 e. The first-order chi connectivity index (χ1) is 19.9. The van der Waals surface area contributed by atoms with Crippen molar-refractivity contribution >= 4 is 23.6 Å². The molecule has 228 valence electrons. The Balaban J connectivity index is 1.53. The first-order valence-corrected chi connectivity index (χ1v) is 13.2. The molecule has 1 fully saturated rings. The van der Waals surface area contributed by atoms with E-state index in [0.29, 0.717) is 23.5 Å². The van der Waals surface area contributed by atoms with Crippen molar-refractivity contribution in [3.8, 4) is 0 Å². The Hall–Kier alpha value is -4.29. The van der Waals surface area contributed by atoms with Gasteiger partial charge < -0.3 is 9.47 Å². The van der Waals surface area contributed by atoms with E-state index in [-0.39, 0.29) is 17.2 Å². The minimum atomic E-state index is -5.13. The highest BCUT2D eigenvalue weighted by Crippen LogP contribution is 2.47. The van der Waals surface area contributed by atoms with Crippen LogP contribution in [-0.2, 0) is 37.8 Å². The molecule has 13 heteroatoms. The van der Waals surface area contributed by atoms with E-state index in [4.69, 9.17) is 9.47 Å². The number of amides is 3. The molecule has 43 heavy (non-hydrogen) atoms. The summed E-state index contributed by atoms with van der Waals surface area (Å²) in [5.74, 6) is -2.25. The molecule has 0 bridgehead atoms. The number of benzene rings is 2. The van der Waals surface area contributed by atoms with E-state index in [1.54, 1.807) is 39.0 Å². The lowest BCUT2D eigenvalue weighted by Gasteiger charge is -2.26. The minimum absolute atomic E-state index is 0.00610. The van der Waals surface area contributed by atoms with Crippen LogP contribution in [0.3, 0.4) is 0 Å². The van der Waals surface area contributed by atoms with Crippen molar-refractivity contribution in [1.29, 1.82) is 0 Å². The highest BCUT2D eigenvalue weighted by Gasteiger charge is 2.53. The third-order valence-corrected chi connectivity index (χ3v) is 7.31. The molecule has 2 aliphatic heterocycles. The summed E-state index contributed by atoms with van der Waals surface area (Å²) in [5.41, 5.74) is -3.15. The molecule has 1 saturated heterocycles. The van der Waals surface area contributed by atoms with Gasteiger partial charge in [-0.3, -0.25) is 14.5 Å². The summed E-state index contributed by atoms with van der Waals surface area (Å²) in [6, 6.07) is 7.37. The van der Waals surface area contributed by atoms with Crippen LogP contribution in [-0.4, -0.2) is 40.7 Å². The van der Waals surface area contributed by atoms with Crippen LogP contribution in [0.15, 0.2) is 65.9 Å². The number of carbonyl (C=O) groups is 3. The average Bonchev–Trinajstić information content (AvgIpc) is 3.48. The summed E-state index contributed by atoms with van der Waals surface area (Å²) in [4.78, 5) is 41.3. The van der Waals surface area contributed by atoms with Gasteiger partial charge in [0.2, 0.25) is 0 Å². The zero-order chi connectivity index (χ0) is 31.6. The predicted molar refractivity (Wildman–Crippen MR) is 140 cm³/mol. The van der Waals surface area contributed by atoms with Crippen LogP contribution in [0.25, 0.3) is 0 Å². The lowest BCUT2D eigenvalue weighted by Crippen LogP contribution is -2.43. The molecule has 2 aromatic rings. The zero-order valence-electron chi connectivity index (χ0n) is 23.3. The smallest absolute Gasteiger partial charge is 0.417 e. The summed E-state index contributed by atoms with van der Waals surface area (Å²) in [6.45, 7) is 6.26. The van der Waals surface area contributed by atoms with Crippen molar-refractivity contribution in [2.75, 3.05) is 4.90 Å². The SMILES string of the molecule is CC1=CC(O/C=C2/C(=O)N(C(=O)OC(C)(C)C)C3Cc4ccccc4C23)N(c2cc(C(F)(F)F)cc(C(F)(F)F)c2)C1=O. The number of nitrogens with zero attached hydrogens (tertiary/aromatic N) is 2. The number of ether oxygens (including phenoxy) is 2. The van der Waals surface area contributed by atoms with Crippen LogP contribution < -0.4 is 4.90 Å². The standard InChI is InChI=1S/C30H26F6N2O5/c1-15-9-23(37(25(15)39)19-12-17(29(31,32)33)11-18(13-19)30(34,35)36)42-14-21-24-20-8-6-5-7-16(20)10-22(24)38(26(21)40)27(41)43-28(2,3)4/h5-9,11-14,22-24H,10H2,1-4H3/b21-14+. The fourth-order valence-corrected chi connectivity index (χ4v) is 5.52. The van der Waals surface area contributed by atoms with E-state index in [9.17, 15) is 40.7 Å². The number of imide groups is 1. The lowest BCUT2D eigenvalue weighted by atomic mass is 9.94. The van der Waals surface area contributed by atoms with E-state index in [1.807, 2.05) is 6.07 Å². The van der Waals surface area contributed by atoms with Crippen molar-refractivity contribution in [2.45, 2.75) is 70.3 Å². The molecule has 2 aromatic carbocycles. The van der Waals surface area contributed by atoms with Crippen LogP contribution in [0.5, 0.6) is 0 Å². The summed E-state index contributed by atoms with van der Waals surface area (Å²) in [7, 11) is 0. The fraction of sp³-hybridized carbons (Fsp3) is 0.367. The van der Waals surface area contributed by atoms with Gasteiger partial charge in [0.05, 0.1) is 29.0 Å². The van der Waals surface area contributed by atoms with Crippen molar-refractivity contribution in [3.05, 3.63) is 88.2 Å². The Kier molecular flexibility index (Phi) is 7.13. The van der Waals surface area contributed by atoms with Gasteiger partial charge >= 0.3 is 18.4 Å². The normalized spacial score (nSPS) is 23.1. The van der Waals surface area contributed by atoms with E-state index in [2.05, 4.69) is 0 Å². The number of hydrogen-bond acceptors (Lipinski definition) is 5. The van der Waals surface area contributed by atoms with E-state index < -0.39 is 70.9 Å². The molecule has 5 rings (SSSR count). The van der Waals surface area contributed by atoms with Gasteiger partial charge in [-0.15, -0.1) is 0 Å². The minimum Gasteiger partial charge on any atom is -0.474 e. The Morgan fingerprint density at radius 2 is 1.53 bits per heavy atom. The van der Waals surface area contributed by atoms with Gasteiger partial charge in [0, 0.05) is 17.2 Å². The van der Waals surface area contributed by atoms with Gasteiger partial charge in [-0.2, -0.15) is 26.3 Å². The number of fused-ring (bicyclic) bond motifs is 3. The molecule has 3 unspecified atom stereocenters. The Bertz CT molecular complexity index is 1540. The predicted octanol–water partition coefficient (Wildman–Crippen LogP) is 6.73. The molecular formula is C30H26F6N2O5. The van der Waals surface area contributed by atoms with Crippen molar-refractivity contribution in [3.63, 3.8) is 0 Å². The van der Waals surface area contributed by atoms with E-state index in [1.165, 1.54) is 13.0 Å². The van der Waals surface area contributed by atoms with Crippen LogP contribution in [0, 0.1) is 0 Å². The third-order valence-electron chi connectivity index (χ3n) is 7.31. The number of likely N-dealkylation sites (tertiary alicyclic amines) is 1. The van der Waals surface area contributed by atoms with Crippen molar-refractivity contribution < 1.29 is 50.2 Å². The number of carbonyl (C=O) groups excluding carboxylic acids is 3. The lowest BCUT2D eigenvalue weighted by molar-refractivity contribution is -0.143. The number of hydrogen-bond donors (Lipinski definition) is 0. The molecule has 1 aliphatic carbocycles. The summed E-state index contributed by atoms with van der Waals surface area (Å²) >= 11 is 0. The van der Waals surface area contributed by atoms with Gasteiger partial charge in [-0.05, 0) is 69.5 Å². The van der Waals surface area contributed by atoms with E-state index in [0.717, 1.165) is 22.3 Å². The largest absolute Gasteiger partial charge is 0.474 e. The van der Waals surface area contributed by atoms with Gasteiger partial charge in [0.15, 0.2) is 6.23 Å². The van der Waals surface area contributed by atoms with Crippen LogP contribution in [0.1, 0.15) is 55.9 Å².